The maximum atomic E-state index is 2.80. The third-order valence-corrected chi connectivity index (χ3v) is 40.6. The van der Waals surface area contributed by atoms with Gasteiger partial charge in [-0.1, -0.05) is 0 Å². The van der Waals surface area contributed by atoms with Crippen LogP contribution in [0.1, 0.15) is 43.5 Å². The molecular formula is C42H41Cl2HfSi. The van der Waals surface area contributed by atoms with E-state index in [1.165, 1.54) is 62.4 Å². The average Bonchev–Trinajstić information content (AvgIpc) is 3.57. The van der Waals surface area contributed by atoms with Crippen molar-refractivity contribution in [1.29, 1.82) is 0 Å². The molecule has 0 radical (unpaired) electrons. The largest absolute Gasteiger partial charge is 0.147 e. The molecule has 46 heavy (non-hydrogen) atoms. The van der Waals surface area contributed by atoms with Crippen LogP contribution >= 0.6 is 24.8 Å². The zero-order valence-electron chi connectivity index (χ0n) is 27.2. The SMILES string of the molecule is CC1=Cc2c(-c3cccc4ccccc34)cccc2[CH]1[Hf]([CH3])([CH3])([SiH3])[CH]1C(C)=Cc2c(-c3cccc4ccccc34)cccc21.Cl.Cl. The van der Waals surface area contributed by atoms with Crippen LogP contribution in [0.2, 0.25) is 9.36 Å². The summed E-state index contributed by atoms with van der Waals surface area (Å²) in [5, 5.41) is 5.29. The molecule has 0 heterocycles. The van der Waals surface area contributed by atoms with Gasteiger partial charge in [-0.15, -0.1) is 24.8 Å². The number of benzene rings is 6. The number of hydrogen-bond donors (Lipinski definition) is 0. The molecule has 231 valence electrons. The van der Waals surface area contributed by atoms with Crippen LogP contribution in [-0.2, 0) is 17.7 Å². The number of hydrogen-bond acceptors (Lipinski definition) is 0. The number of halogens is 2. The van der Waals surface area contributed by atoms with E-state index in [1.54, 1.807) is 22.3 Å². The van der Waals surface area contributed by atoms with Crippen LogP contribution in [0.15, 0.2) is 132 Å². The fourth-order valence-electron chi connectivity index (χ4n) is 9.40. The average molecular weight is 823 g/mol. The Morgan fingerprint density at radius 3 is 1.24 bits per heavy atom. The summed E-state index contributed by atoms with van der Waals surface area (Å²) in [6.07, 6.45) is 5.11. The van der Waals surface area contributed by atoms with Gasteiger partial charge >= 0.3 is 266 Å². The van der Waals surface area contributed by atoms with E-state index in [0.29, 0.717) is 7.35 Å². The first-order valence-electron chi connectivity index (χ1n) is 16.0. The second-order valence-corrected chi connectivity index (χ2v) is 69.1. The van der Waals surface area contributed by atoms with E-state index in [4.69, 9.17) is 0 Å². The summed E-state index contributed by atoms with van der Waals surface area (Å²) in [4.78, 5) is 0. The van der Waals surface area contributed by atoms with Gasteiger partial charge in [-0.2, -0.15) is 0 Å². The molecule has 2 aliphatic carbocycles. The van der Waals surface area contributed by atoms with Gasteiger partial charge in [0.1, 0.15) is 0 Å². The molecule has 0 N–H and O–H groups in total. The first-order chi connectivity index (χ1) is 21.2. The molecule has 2 unspecified atom stereocenters. The summed E-state index contributed by atoms with van der Waals surface area (Å²) in [6, 6.07) is 45.5. The fraction of sp³-hybridized carbons (Fsp3) is 0.143. The van der Waals surface area contributed by atoms with Crippen molar-refractivity contribution in [3.63, 3.8) is 0 Å². The van der Waals surface area contributed by atoms with Crippen LogP contribution in [0, 0.1) is 0 Å². The van der Waals surface area contributed by atoms with Crippen LogP contribution < -0.4 is 0 Å². The van der Waals surface area contributed by atoms with Crippen molar-refractivity contribution in [2.75, 3.05) is 0 Å². The van der Waals surface area contributed by atoms with Gasteiger partial charge in [0, 0.05) is 0 Å². The Morgan fingerprint density at radius 1 is 0.457 bits per heavy atom. The van der Waals surface area contributed by atoms with Crippen molar-refractivity contribution in [1.82, 2.24) is 0 Å². The molecule has 6 aromatic rings. The molecule has 8 rings (SSSR count). The van der Waals surface area contributed by atoms with Crippen molar-refractivity contribution in [3.8, 4) is 22.3 Å². The van der Waals surface area contributed by atoms with Crippen LogP contribution in [0.25, 0.3) is 56.0 Å². The van der Waals surface area contributed by atoms with E-state index >= 15 is 0 Å². The van der Waals surface area contributed by atoms with E-state index in [0.717, 1.165) is 0 Å². The molecule has 2 atom stereocenters. The van der Waals surface area contributed by atoms with Gasteiger partial charge in [0.15, 0.2) is 0 Å². The minimum atomic E-state index is -3.66. The Balaban J connectivity index is 0.00000186. The summed E-state index contributed by atoms with van der Waals surface area (Å²) < 4.78 is 6.72. The van der Waals surface area contributed by atoms with Gasteiger partial charge in [0.2, 0.25) is 0 Å². The molecule has 0 nitrogen and oxygen atoms in total. The van der Waals surface area contributed by atoms with Gasteiger partial charge in [-0.25, -0.2) is 0 Å². The Kier molecular flexibility index (Phi) is 8.51. The summed E-state index contributed by atoms with van der Waals surface area (Å²) >= 11 is -3.66. The molecule has 4 heteroatoms. The van der Waals surface area contributed by atoms with E-state index in [2.05, 4.69) is 157 Å². The molecule has 0 aliphatic heterocycles. The van der Waals surface area contributed by atoms with E-state index in [1.807, 2.05) is 0 Å². The zero-order valence-corrected chi connectivity index (χ0v) is 34.4. The minimum absolute atomic E-state index is 0. The molecule has 0 saturated heterocycles. The molecule has 6 aromatic carbocycles. The predicted octanol–water partition coefficient (Wildman–Crippen LogP) is 11.9. The monoisotopic (exact) mass is 823 g/mol. The number of rotatable bonds is 4. The topological polar surface area (TPSA) is 0 Å². The van der Waals surface area contributed by atoms with Gasteiger partial charge in [-0.05, 0) is 0 Å². The van der Waals surface area contributed by atoms with Gasteiger partial charge < -0.3 is 0 Å². The molecule has 2 aliphatic rings. The summed E-state index contributed by atoms with van der Waals surface area (Å²) in [7, 11) is 1.25. The molecule has 0 saturated carbocycles. The standard InChI is InChI=1S/2C20H15.2CH3.2ClH.Hf.H3Si/c2*1-14-12-16-8-5-11-19(20(16)13-14)18-10-4-7-15-6-2-3-9-17(15)18;;;;;;/h2*2-13H,1H3;2*1H3;2*1H;;1H3. The predicted molar refractivity (Wildman–Crippen MR) is 208 cm³/mol. The van der Waals surface area contributed by atoms with E-state index < -0.39 is 17.7 Å². The zero-order chi connectivity index (χ0) is 30.2. The first-order valence-corrected chi connectivity index (χ1v) is 39.1. The van der Waals surface area contributed by atoms with Crippen molar-refractivity contribution < 1.29 is 17.7 Å². The Bertz CT molecular complexity index is 2050. The molecule has 0 bridgehead atoms. The smallest absolute Gasteiger partial charge is 0.147 e. The molecule has 0 fully saturated rings. The quantitative estimate of drug-likeness (QED) is 0.155. The van der Waals surface area contributed by atoms with E-state index in [9.17, 15) is 0 Å². The van der Waals surface area contributed by atoms with Crippen molar-refractivity contribution in [2.45, 2.75) is 30.6 Å². The normalized spacial score (nSPS) is 17.7. The summed E-state index contributed by atoms with van der Waals surface area (Å²) in [6.45, 7) is 4.86. The maximum Gasteiger partial charge on any atom is -0.147 e. The van der Waals surface area contributed by atoms with Crippen molar-refractivity contribution >= 4 is 65.9 Å². The Morgan fingerprint density at radius 2 is 0.804 bits per heavy atom. The fourth-order valence-corrected chi connectivity index (χ4v) is 45.3. The van der Waals surface area contributed by atoms with Crippen molar-refractivity contribution in [3.05, 3.63) is 155 Å². The second kappa shape index (κ2) is 11.9. The molecule has 0 aromatic heterocycles. The van der Waals surface area contributed by atoms with Gasteiger partial charge in [0.25, 0.3) is 0 Å². The second-order valence-electron chi connectivity index (χ2n) is 14.7. The summed E-state index contributed by atoms with van der Waals surface area (Å²) in [5.74, 6) is 0. The van der Waals surface area contributed by atoms with E-state index in [-0.39, 0.29) is 24.8 Å². The minimum Gasteiger partial charge on any atom is -0.147 e. The molecule has 0 spiro atoms. The maximum absolute atomic E-state index is 3.66. The third kappa shape index (κ3) is 4.96. The molecule has 0 amide bonds. The number of allylic oxidation sites excluding steroid dienone is 2. The van der Waals surface area contributed by atoms with Gasteiger partial charge in [0.05, 0.1) is 0 Å². The van der Waals surface area contributed by atoms with Crippen LogP contribution in [0.3, 0.4) is 0 Å². The Labute approximate surface area is 289 Å². The third-order valence-electron chi connectivity index (χ3n) is 10.8. The van der Waals surface area contributed by atoms with Crippen molar-refractivity contribution in [2.24, 2.45) is 0 Å². The van der Waals surface area contributed by atoms with Crippen LogP contribution in [0.4, 0.5) is 0 Å². The van der Waals surface area contributed by atoms with Crippen LogP contribution in [-0.4, -0.2) is 7.43 Å². The van der Waals surface area contributed by atoms with Crippen LogP contribution in [0.5, 0.6) is 0 Å². The Hall–Kier alpha value is -3.01. The van der Waals surface area contributed by atoms with Gasteiger partial charge in [-0.3, -0.25) is 0 Å². The number of fused-ring (bicyclic) bond motifs is 4. The summed E-state index contributed by atoms with van der Waals surface area (Å²) in [5.41, 5.74) is 14.7. The first kappa shape index (κ1) is 32.9. The molecular weight excluding hydrogens is 782 g/mol.